The Balaban J connectivity index is 1.86. The summed E-state index contributed by atoms with van der Waals surface area (Å²) in [6.45, 7) is 3.03. The number of aromatic nitrogens is 4. The highest BCUT2D eigenvalue weighted by molar-refractivity contribution is 5.77. The Labute approximate surface area is 122 Å². The number of hydrogen-bond acceptors (Lipinski definition) is 6. The van der Waals surface area contributed by atoms with Crippen LogP contribution < -0.4 is 10.6 Å². The molecule has 8 nitrogen and oxygen atoms in total. The predicted octanol–water partition coefficient (Wildman–Crippen LogP) is 0.145. The molecule has 0 spiro atoms. The zero-order chi connectivity index (χ0) is 15.1. The molecule has 2 N–H and O–H groups in total. The van der Waals surface area contributed by atoms with Crippen molar-refractivity contribution in [3.05, 3.63) is 30.4 Å². The Morgan fingerprint density at radius 2 is 2.24 bits per heavy atom. The third kappa shape index (κ3) is 4.53. The van der Waals surface area contributed by atoms with Crippen molar-refractivity contribution < 1.29 is 9.53 Å². The fourth-order valence-corrected chi connectivity index (χ4v) is 1.69. The number of anilines is 1. The van der Waals surface area contributed by atoms with Gasteiger partial charge in [-0.15, -0.1) is 0 Å². The molecule has 0 saturated heterocycles. The summed E-state index contributed by atoms with van der Waals surface area (Å²) in [4.78, 5) is 19.5. The topological polar surface area (TPSA) is 94.0 Å². The fourth-order valence-electron chi connectivity index (χ4n) is 1.69. The van der Waals surface area contributed by atoms with Crippen LogP contribution in [0.4, 0.5) is 5.82 Å². The van der Waals surface area contributed by atoms with E-state index in [1.807, 2.05) is 19.2 Å². The lowest BCUT2D eigenvalue weighted by Crippen LogP contribution is -2.31. The lowest BCUT2D eigenvalue weighted by Gasteiger charge is -2.08. The number of ether oxygens (including phenoxy) is 1. The van der Waals surface area contributed by atoms with Crippen molar-refractivity contribution in [2.75, 3.05) is 32.1 Å². The first kappa shape index (κ1) is 14.9. The predicted molar refractivity (Wildman–Crippen MR) is 77.3 cm³/mol. The van der Waals surface area contributed by atoms with E-state index < -0.39 is 0 Å². The SMILES string of the molecule is COCC(=O)NCCNc1cc(-n2ccc(C)n2)ncn1. The van der Waals surface area contributed by atoms with E-state index in [-0.39, 0.29) is 12.5 Å². The van der Waals surface area contributed by atoms with Gasteiger partial charge in [-0.25, -0.2) is 14.6 Å². The molecule has 1 amide bonds. The molecule has 0 radical (unpaired) electrons. The van der Waals surface area contributed by atoms with Crippen LogP contribution in [0, 0.1) is 6.92 Å². The maximum atomic E-state index is 11.2. The number of rotatable bonds is 7. The molecule has 0 atom stereocenters. The molecule has 0 bridgehead atoms. The van der Waals surface area contributed by atoms with Crippen LogP contribution in [0.15, 0.2) is 24.7 Å². The molecule has 2 aromatic rings. The second kappa shape index (κ2) is 7.34. The maximum absolute atomic E-state index is 11.2. The van der Waals surface area contributed by atoms with E-state index in [4.69, 9.17) is 4.74 Å². The highest BCUT2D eigenvalue weighted by Gasteiger charge is 2.03. The Morgan fingerprint density at radius 3 is 2.95 bits per heavy atom. The second-order valence-corrected chi connectivity index (χ2v) is 4.37. The third-order valence-electron chi connectivity index (χ3n) is 2.64. The van der Waals surface area contributed by atoms with E-state index in [2.05, 4.69) is 25.7 Å². The molecular weight excluding hydrogens is 272 g/mol. The molecule has 0 aliphatic heterocycles. The molecule has 2 rings (SSSR count). The van der Waals surface area contributed by atoms with Crippen molar-refractivity contribution in [2.45, 2.75) is 6.92 Å². The molecule has 8 heteroatoms. The third-order valence-corrected chi connectivity index (χ3v) is 2.64. The summed E-state index contributed by atoms with van der Waals surface area (Å²) < 4.78 is 6.41. The summed E-state index contributed by atoms with van der Waals surface area (Å²) in [6.07, 6.45) is 3.31. The zero-order valence-electron chi connectivity index (χ0n) is 12.0. The van der Waals surface area contributed by atoms with Gasteiger partial charge in [0.25, 0.3) is 0 Å². The first-order valence-corrected chi connectivity index (χ1v) is 6.53. The number of amides is 1. The summed E-state index contributed by atoms with van der Waals surface area (Å²) in [6, 6.07) is 3.70. The van der Waals surface area contributed by atoms with Crippen LogP contribution >= 0.6 is 0 Å². The first-order chi connectivity index (χ1) is 10.2. The average Bonchev–Trinajstić information content (AvgIpc) is 2.91. The molecule has 2 heterocycles. The van der Waals surface area contributed by atoms with E-state index in [0.717, 1.165) is 5.69 Å². The van der Waals surface area contributed by atoms with Crippen LogP contribution in [0.5, 0.6) is 0 Å². The molecule has 0 fully saturated rings. The van der Waals surface area contributed by atoms with Crippen LogP contribution in [0.25, 0.3) is 5.82 Å². The first-order valence-electron chi connectivity index (χ1n) is 6.53. The molecule has 0 saturated carbocycles. The molecule has 21 heavy (non-hydrogen) atoms. The van der Waals surface area contributed by atoms with Gasteiger partial charge in [-0.2, -0.15) is 5.10 Å². The summed E-state index contributed by atoms with van der Waals surface area (Å²) in [5.74, 6) is 1.22. The molecule has 112 valence electrons. The van der Waals surface area contributed by atoms with Gasteiger partial charge in [-0.1, -0.05) is 0 Å². The minimum Gasteiger partial charge on any atom is -0.375 e. The molecule has 0 aliphatic rings. The van der Waals surface area contributed by atoms with Gasteiger partial charge >= 0.3 is 0 Å². The van der Waals surface area contributed by atoms with Crippen molar-refractivity contribution in [1.29, 1.82) is 0 Å². The van der Waals surface area contributed by atoms with Crippen molar-refractivity contribution in [2.24, 2.45) is 0 Å². The largest absolute Gasteiger partial charge is 0.375 e. The quantitative estimate of drug-likeness (QED) is 0.705. The van der Waals surface area contributed by atoms with Crippen LogP contribution in [0.3, 0.4) is 0 Å². The highest BCUT2D eigenvalue weighted by Crippen LogP contribution is 2.08. The molecular formula is C13H18N6O2. The number of nitrogens with zero attached hydrogens (tertiary/aromatic N) is 4. The van der Waals surface area contributed by atoms with E-state index in [1.165, 1.54) is 13.4 Å². The minimum absolute atomic E-state index is 0.0658. The average molecular weight is 290 g/mol. The van der Waals surface area contributed by atoms with Gasteiger partial charge in [0, 0.05) is 32.5 Å². The molecule has 0 aliphatic carbocycles. The fraction of sp³-hybridized carbons (Fsp3) is 0.385. The summed E-state index contributed by atoms with van der Waals surface area (Å²) in [7, 11) is 1.48. The van der Waals surface area contributed by atoms with Gasteiger partial charge in [0.05, 0.1) is 5.69 Å². The lowest BCUT2D eigenvalue weighted by atomic mass is 10.5. The summed E-state index contributed by atoms with van der Waals surface area (Å²) in [5.41, 5.74) is 0.920. The maximum Gasteiger partial charge on any atom is 0.246 e. The minimum atomic E-state index is -0.144. The van der Waals surface area contributed by atoms with E-state index >= 15 is 0 Å². The number of nitrogens with one attached hydrogen (secondary N) is 2. The second-order valence-electron chi connectivity index (χ2n) is 4.37. The number of carbonyl (C=O) groups is 1. The van der Waals surface area contributed by atoms with Crippen LogP contribution in [-0.4, -0.2) is 52.5 Å². The number of aryl methyl sites for hydroxylation is 1. The van der Waals surface area contributed by atoms with Gasteiger partial charge < -0.3 is 15.4 Å². The van der Waals surface area contributed by atoms with Crippen molar-refractivity contribution in [3.63, 3.8) is 0 Å². The van der Waals surface area contributed by atoms with E-state index in [9.17, 15) is 4.79 Å². The van der Waals surface area contributed by atoms with Gasteiger partial charge in [0.2, 0.25) is 5.91 Å². The zero-order valence-corrected chi connectivity index (χ0v) is 12.0. The van der Waals surface area contributed by atoms with Crippen molar-refractivity contribution in [1.82, 2.24) is 25.1 Å². The molecule has 2 aromatic heterocycles. The van der Waals surface area contributed by atoms with E-state index in [0.29, 0.717) is 24.7 Å². The number of carbonyl (C=O) groups excluding carboxylic acids is 1. The Bertz CT molecular complexity index is 598. The Hall–Kier alpha value is -2.48. The van der Waals surface area contributed by atoms with Gasteiger partial charge in [-0.05, 0) is 13.0 Å². The van der Waals surface area contributed by atoms with Gasteiger partial charge in [-0.3, -0.25) is 4.79 Å². The number of methoxy groups -OCH3 is 1. The summed E-state index contributed by atoms with van der Waals surface area (Å²) >= 11 is 0. The van der Waals surface area contributed by atoms with Gasteiger partial charge in [0.1, 0.15) is 18.8 Å². The smallest absolute Gasteiger partial charge is 0.246 e. The normalized spacial score (nSPS) is 10.4. The molecule has 0 unspecified atom stereocenters. The van der Waals surface area contributed by atoms with E-state index in [1.54, 1.807) is 10.7 Å². The Morgan fingerprint density at radius 1 is 1.38 bits per heavy atom. The number of hydrogen-bond donors (Lipinski definition) is 2. The highest BCUT2D eigenvalue weighted by atomic mass is 16.5. The van der Waals surface area contributed by atoms with Crippen LogP contribution in [0.2, 0.25) is 0 Å². The van der Waals surface area contributed by atoms with Gasteiger partial charge in [0.15, 0.2) is 5.82 Å². The summed E-state index contributed by atoms with van der Waals surface area (Å²) in [5, 5.41) is 10.1. The Kier molecular flexibility index (Phi) is 5.22. The van der Waals surface area contributed by atoms with Crippen molar-refractivity contribution in [3.8, 4) is 5.82 Å². The van der Waals surface area contributed by atoms with Crippen LogP contribution in [-0.2, 0) is 9.53 Å². The molecule has 0 aromatic carbocycles. The lowest BCUT2D eigenvalue weighted by molar-refractivity contribution is -0.124. The monoisotopic (exact) mass is 290 g/mol. The van der Waals surface area contributed by atoms with Crippen molar-refractivity contribution >= 4 is 11.7 Å². The van der Waals surface area contributed by atoms with Crippen LogP contribution in [0.1, 0.15) is 5.69 Å². The standard InChI is InChI=1S/C13H18N6O2/c1-10-3-6-19(18-10)12-7-11(16-9-17-12)14-4-5-15-13(20)8-21-2/h3,6-7,9H,4-5,8H2,1-2H3,(H,15,20)(H,14,16,17).